The Morgan fingerprint density at radius 1 is 1.10 bits per heavy atom. The first kappa shape index (κ1) is 17.1. The Morgan fingerprint density at radius 3 is 2.57 bits per heavy atom. The third kappa shape index (κ3) is 4.59. The van der Waals surface area contributed by atoms with E-state index < -0.39 is 0 Å². The average Bonchev–Trinajstić information content (AvgIpc) is 2.48. The smallest absolute Gasteiger partial charge is 0.0624 e. The van der Waals surface area contributed by atoms with Crippen LogP contribution in [0, 0.1) is 3.57 Å². The molecule has 1 atom stereocenters. The number of halogens is 3. The number of hydrogen-bond donors (Lipinski definition) is 1. The Labute approximate surface area is 150 Å². The fourth-order valence-electron chi connectivity index (χ4n) is 2.29. The van der Waals surface area contributed by atoms with Crippen LogP contribution in [-0.2, 0) is 6.42 Å². The van der Waals surface area contributed by atoms with Gasteiger partial charge in [-0.25, -0.2) is 0 Å². The zero-order valence-electron chi connectivity index (χ0n) is 11.9. The van der Waals surface area contributed by atoms with Gasteiger partial charge >= 0.3 is 0 Å². The van der Waals surface area contributed by atoms with Gasteiger partial charge in [0.25, 0.3) is 0 Å². The molecule has 112 valence electrons. The molecule has 0 spiro atoms. The van der Waals surface area contributed by atoms with Gasteiger partial charge in [0.2, 0.25) is 0 Å². The molecule has 0 heterocycles. The Balaban J connectivity index is 2.28. The zero-order chi connectivity index (χ0) is 15.2. The van der Waals surface area contributed by atoms with Crippen molar-refractivity contribution in [1.29, 1.82) is 0 Å². The molecule has 0 amide bonds. The van der Waals surface area contributed by atoms with Crippen molar-refractivity contribution >= 4 is 45.8 Å². The van der Waals surface area contributed by atoms with Crippen LogP contribution >= 0.6 is 45.8 Å². The standard InChI is InChI=1S/C17H18Cl2IN/c1-2-10-21-16(13-7-3-4-9-15(13)20)11-12-6-5-8-14(18)17(12)19/h3-9,16,21H,2,10-11H2,1H3. The van der Waals surface area contributed by atoms with Crippen molar-refractivity contribution in [3.05, 3.63) is 67.2 Å². The lowest BCUT2D eigenvalue weighted by Gasteiger charge is -2.21. The van der Waals surface area contributed by atoms with Crippen LogP contribution in [0.4, 0.5) is 0 Å². The van der Waals surface area contributed by atoms with Crippen LogP contribution in [-0.4, -0.2) is 6.54 Å². The van der Waals surface area contributed by atoms with E-state index in [4.69, 9.17) is 23.2 Å². The quantitative estimate of drug-likeness (QED) is 0.560. The molecule has 1 nitrogen and oxygen atoms in total. The maximum absolute atomic E-state index is 6.34. The van der Waals surface area contributed by atoms with Crippen LogP contribution in [0.3, 0.4) is 0 Å². The molecule has 0 aromatic heterocycles. The van der Waals surface area contributed by atoms with E-state index in [1.54, 1.807) is 0 Å². The summed E-state index contributed by atoms with van der Waals surface area (Å²) in [5, 5.41) is 4.89. The Hall–Kier alpha value is -0.290. The molecule has 2 rings (SSSR count). The van der Waals surface area contributed by atoms with Gasteiger partial charge in [-0.3, -0.25) is 0 Å². The average molecular weight is 434 g/mol. The minimum atomic E-state index is 0.244. The molecule has 0 aliphatic carbocycles. The van der Waals surface area contributed by atoms with E-state index in [1.807, 2.05) is 18.2 Å². The normalized spacial score (nSPS) is 12.4. The lowest BCUT2D eigenvalue weighted by atomic mass is 9.98. The molecule has 4 heteroatoms. The summed E-state index contributed by atoms with van der Waals surface area (Å²) in [5.41, 5.74) is 2.39. The van der Waals surface area contributed by atoms with E-state index >= 15 is 0 Å². The van der Waals surface area contributed by atoms with Crippen LogP contribution < -0.4 is 5.32 Å². The summed E-state index contributed by atoms with van der Waals surface area (Å²) in [6, 6.07) is 14.5. The molecule has 0 radical (unpaired) electrons. The molecular weight excluding hydrogens is 416 g/mol. The highest BCUT2D eigenvalue weighted by Crippen LogP contribution is 2.30. The molecule has 2 aromatic rings. The Kier molecular flexibility index (Phi) is 6.80. The van der Waals surface area contributed by atoms with Crippen LogP contribution in [0.25, 0.3) is 0 Å². The predicted octanol–water partition coefficient (Wildman–Crippen LogP) is 5.88. The van der Waals surface area contributed by atoms with Crippen molar-refractivity contribution in [2.75, 3.05) is 6.54 Å². The van der Waals surface area contributed by atoms with Crippen molar-refractivity contribution in [2.24, 2.45) is 0 Å². The van der Waals surface area contributed by atoms with E-state index in [9.17, 15) is 0 Å². The molecule has 0 saturated heterocycles. The maximum atomic E-state index is 6.34. The zero-order valence-corrected chi connectivity index (χ0v) is 15.5. The van der Waals surface area contributed by atoms with Gasteiger partial charge in [-0.2, -0.15) is 0 Å². The van der Waals surface area contributed by atoms with E-state index in [0.29, 0.717) is 10.0 Å². The predicted molar refractivity (Wildman–Crippen MR) is 100 cm³/mol. The molecule has 0 aliphatic heterocycles. The minimum absolute atomic E-state index is 0.244. The number of nitrogens with one attached hydrogen (secondary N) is 1. The van der Waals surface area contributed by atoms with Gasteiger partial charge in [0.15, 0.2) is 0 Å². The topological polar surface area (TPSA) is 12.0 Å². The number of benzene rings is 2. The van der Waals surface area contributed by atoms with E-state index in [1.165, 1.54) is 9.13 Å². The molecule has 21 heavy (non-hydrogen) atoms. The second kappa shape index (κ2) is 8.37. The first-order chi connectivity index (χ1) is 10.1. The Bertz CT molecular complexity index is 601. The van der Waals surface area contributed by atoms with Crippen molar-refractivity contribution in [3.8, 4) is 0 Å². The molecule has 0 aliphatic rings. The molecular formula is C17H18Cl2IN. The van der Waals surface area contributed by atoms with Gasteiger partial charge in [-0.15, -0.1) is 0 Å². The van der Waals surface area contributed by atoms with Gasteiger partial charge in [-0.05, 0) is 65.2 Å². The van der Waals surface area contributed by atoms with Gasteiger partial charge in [0, 0.05) is 9.61 Å². The maximum Gasteiger partial charge on any atom is 0.0624 e. The fourth-order valence-corrected chi connectivity index (χ4v) is 3.45. The molecule has 1 N–H and O–H groups in total. The Morgan fingerprint density at radius 2 is 1.86 bits per heavy atom. The largest absolute Gasteiger partial charge is 0.310 e. The van der Waals surface area contributed by atoms with Crippen LogP contribution in [0.5, 0.6) is 0 Å². The second-order valence-electron chi connectivity index (χ2n) is 4.95. The summed E-state index contributed by atoms with van der Waals surface area (Å²) in [6.45, 7) is 3.15. The molecule has 0 bridgehead atoms. The molecule has 1 unspecified atom stereocenters. The summed E-state index contributed by atoms with van der Waals surface area (Å²) in [6.07, 6.45) is 1.93. The van der Waals surface area contributed by atoms with Gasteiger partial charge in [0.05, 0.1) is 10.0 Å². The van der Waals surface area contributed by atoms with Crippen LogP contribution in [0.2, 0.25) is 10.0 Å². The third-order valence-electron chi connectivity index (χ3n) is 3.38. The highest BCUT2D eigenvalue weighted by Gasteiger charge is 2.16. The SMILES string of the molecule is CCCNC(Cc1cccc(Cl)c1Cl)c1ccccc1I. The highest BCUT2D eigenvalue weighted by molar-refractivity contribution is 14.1. The van der Waals surface area contributed by atoms with E-state index in [-0.39, 0.29) is 6.04 Å². The number of rotatable bonds is 6. The lowest BCUT2D eigenvalue weighted by Crippen LogP contribution is -2.25. The van der Waals surface area contributed by atoms with E-state index in [0.717, 1.165) is 24.9 Å². The fraction of sp³-hybridized carbons (Fsp3) is 0.294. The lowest BCUT2D eigenvalue weighted by molar-refractivity contribution is 0.527. The highest BCUT2D eigenvalue weighted by atomic mass is 127. The molecule has 0 fully saturated rings. The monoisotopic (exact) mass is 433 g/mol. The molecule has 0 saturated carbocycles. The first-order valence-electron chi connectivity index (χ1n) is 7.04. The molecule has 2 aromatic carbocycles. The van der Waals surface area contributed by atoms with E-state index in [2.05, 4.69) is 59.1 Å². The summed E-state index contributed by atoms with van der Waals surface area (Å²) in [7, 11) is 0. The first-order valence-corrected chi connectivity index (χ1v) is 8.87. The van der Waals surface area contributed by atoms with Crippen LogP contribution in [0.1, 0.15) is 30.5 Å². The third-order valence-corrected chi connectivity index (χ3v) is 5.22. The van der Waals surface area contributed by atoms with Crippen molar-refractivity contribution < 1.29 is 0 Å². The second-order valence-corrected chi connectivity index (χ2v) is 6.89. The number of hydrogen-bond acceptors (Lipinski definition) is 1. The van der Waals surface area contributed by atoms with Gasteiger partial charge < -0.3 is 5.32 Å². The van der Waals surface area contributed by atoms with Crippen molar-refractivity contribution in [1.82, 2.24) is 5.32 Å². The minimum Gasteiger partial charge on any atom is -0.310 e. The van der Waals surface area contributed by atoms with Gasteiger partial charge in [0.1, 0.15) is 0 Å². The summed E-state index contributed by atoms with van der Waals surface area (Å²) < 4.78 is 1.27. The summed E-state index contributed by atoms with van der Waals surface area (Å²) in [5.74, 6) is 0. The van der Waals surface area contributed by atoms with Gasteiger partial charge in [-0.1, -0.05) is 60.5 Å². The van der Waals surface area contributed by atoms with Crippen LogP contribution in [0.15, 0.2) is 42.5 Å². The summed E-state index contributed by atoms with van der Waals surface area (Å²) in [4.78, 5) is 0. The van der Waals surface area contributed by atoms with Crippen molar-refractivity contribution in [3.63, 3.8) is 0 Å². The summed E-state index contributed by atoms with van der Waals surface area (Å²) >= 11 is 14.8. The van der Waals surface area contributed by atoms with Crippen molar-refractivity contribution in [2.45, 2.75) is 25.8 Å².